The van der Waals surface area contributed by atoms with Crippen molar-refractivity contribution in [1.82, 2.24) is 15.2 Å². The fourth-order valence-electron chi connectivity index (χ4n) is 3.13. The van der Waals surface area contributed by atoms with Crippen LogP contribution in [0.2, 0.25) is 0 Å². The first kappa shape index (κ1) is 21.7. The van der Waals surface area contributed by atoms with E-state index in [-0.39, 0.29) is 18.0 Å². The molecule has 0 bridgehead atoms. The number of piperidine rings is 1. The van der Waals surface area contributed by atoms with Gasteiger partial charge in [0.25, 0.3) is 5.91 Å². The molecule has 10 heteroatoms. The van der Waals surface area contributed by atoms with Crippen LogP contribution in [0.25, 0.3) is 0 Å². The van der Waals surface area contributed by atoms with Crippen LogP contribution >= 0.6 is 11.3 Å². The third-order valence-electron chi connectivity index (χ3n) is 4.74. The minimum atomic E-state index is -0.300. The number of carbonyl (C=O) groups is 2. The molecule has 1 aliphatic heterocycles. The van der Waals surface area contributed by atoms with Crippen molar-refractivity contribution in [2.24, 2.45) is 0 Å². The Morgan fingerprint density at radius 2 is 2.00 bits per heavy atom. The Morgan fingerprint density at radius 1 is 1.23 bits per heavy atom. The monoisotopic (exact) mass is 434 g/mol. The van der Waals surface area contributed by atoms with Gasteiger partial charge >= 0.3 is 6.09 Å². The number of rotatable bonds is 7. The Hall–Kier alpha value is -3.01. The van der Waals surface area contributed by atoms with E-state index in [2.05, 4.69) is 15.6 Å². The van der Waals surface area contributed by atoms with Crippen molar-refractivity contribution in [1.29, 1.82) is 0 Å². The molecule has 162 valence electrons. The number of benzene rings is 1. The molecule has 1 saturated heterocycles. The molecule has 30 heavy (non-hydrogen) atoms. The van der Waals surface area contributed by atoms with Crippen LogP contribution in [0.1, 0.15) is 30.3 Å². The molecule has 2 amide bonds. The third-order valence-corrected chi connectivity index (χ3v) is 5.50. The summed E-state index contributed by atoms with van der Waals surface area (Å²) >= 11 is 1.33. The second-order valence-corrected chi connectivity index (χ2v) is 7.52. The van der Waals surface area contributed by atoms with Gasteiger partial charge in [0.1, 0.15) is 17.2 Å². The van der Waals surface area contributed by atoms with Gasteiger partial charge in [0, 0.05) is 30.6 Å². The zero-order valence-corrected chi connectivity index (χ0v) is 18.1. The average molecular weight is 435 g/mol. The molecule has 0 saturated carbocycles. The van der Waals surface area contributed by atoms with Crippen LogP contribution < -0.4 is 20.1 Å². The highest BCUT2D eigenvalue weighted by Gasteiger charge is 2.25. The second-order valence-electron chi connectivity index (χ2n) is 6.66. The molecular weight excluding hydrogens is 408 g/mol. The highest BCUT2D eigenvalue weighted by Crippen LogP contribution is 2.32. The van der Waals surface area contributed by atoms with E-state index in [1.165, 1.54) is 11.3 Å². The van der Waals surface area contributed by atoms with Crippen LogP contribution in [-0.4, -0.2) is 61.8 Å². The summed E-state index contributed by atoms with van der Waals surface area (Å²) in [5.74, 6) is 1.07. The van der Waals surface area contributed by atoms with E-state index < -0.39 is 0 Å². The molecule has 0 atom stereocenters. The van der Waals surface area contributed by atoms with Crippen molar-refractivity contribution in [3.8, 4) is 11.5 Å². The first-order chi connectivity index (χ1) is 14.5. The Labute approximate surface area is 179 Å². The molecule has 3 rings (SSSR count). The maximum absolute atomic E-state index is 12.6. The smallest absolute Gasteiger partial charge is 0.409 e. The average Bonchev–Trinajstić information content (AvgIpc) is 3.23. The number of methoxy groups -OCH3 is 2. The maximum atomic E-state index is 12.6. The molecule has 0 aliphatic carbocycles. The number of hydrogen-bond acceptors (Lipinski definition) is 8. The largest absolute Gasteiger partial charge is 0.497 e. The van der Waals surface area contributed by atoms with Crippen molar-refractivity contribution in [2.75, 3.05) is 39.2 Å². The second kappa shape index (κ2) is 10.1. The van der Waals surface area contributed by atoms with Gasteiger partial charge in [-0.15, -0.1) is 11.3 Å². The van der Waals surface area contributed by atoms with E-state index in [1.54, 1.807) is 37.5 Å². The van der Waals surface area contributed by atoms with Crippen molar-refractivity contribution in [3.63, 3.8) is 0 Å². The van der Waals surface area contributed by atoms with Crippen molar-refractivity contribution in [2.45, 2.75) is 25.8 Å². The van der Waals surface area contributed by atoms with Crippen LogP contribution in [0, 0.1) is 0 Å². The summed E-state index contributed by atoms with van der Waals surface area (Å²) < 4.78 is 15.6. The molecule has 9 nitrogen and oxygen atoms in total. The number of likely N-dealkylation sites (tertiary alicyclic amines) is 1. The van der Waals surface area contributed by atoms with Crippen LogP contribution in [0.5, 0.6) is 11.5 Å². The lowest BCUT2D eigenvalue weighted by Gasteiger charge is -2.31. The summed E-state index contributed by atoms with van der Waals surface area (Å²) in [7, 11) is 3.17. The summed E-state index contributed by atoms with van der Waals surface area (Å²) in [5.41, 5.74) is 1.08. The van der Waals surface area contributed by atoms with Gasteiger partial charge < -0.3 is 29.7 Å². The lowest BCUT2D eigenvalue weighted by molar-refractivity contribution is 0.0857. The summed E-state index contributed by atoms with van der Waals surface area (Å²) in [5, 5.41) is 8.47. The summed E-state index contributed by atoms with van der Waals surface area (Å²) in [4.78, 5) is 30.4. The molecule has 1 aromatic heterocycles. The summed E-state index contributed by atoms with van der Waals surface area (Å²) in [6.45, 7) is 3.26. The van der Waals surface area contributed by atoms with Gasteiger partial charge in [0.2, 0.25) is 0 Å². The lowest BCUT2D eigenvalue weighted by atomic mass is 10.1. The highest BCUT2D eigenvalue weighted by molar-refractivity contribution is 7.14. The predicted octanol–water partition coefficient (Wildman–Crippen LogP) is 3.25. The van der Waals surface area contributed by atoms with E-state index in [1.807, 2.05) is 12.1 Å². The van der Waals surface area contributed by atoms with Gasteiger partial charge in [-0.2, -0.15) is 0 Å². The molecule has 1 aliphatic rings. The van der Waals surface area contributed by atoms with Gasteiger partial charge in [-0.1, -0.05) is 0 Å². The van der Waals surface area contributed by atoms with Crippen molar-refractivity contribution in [3.05, 3.63) is 29.3 Å². The normalized spacial score (nSPS) is 14.2. The Kier molecular flexibility index (Phi) is 7.34. The molecule has 1 aromatic carbocycles. The molecule has 2 heterocycles. The summed E-state index contributed by atoms with van der Waals surface area (Å²) in [6.07, 6.45) is 1.07. The molecule has 0 spiro atoms. The number of carbonyl (C=O) groups excluding carboxylic acids is 2. The lowest BCUT2D eigenvalue weighted by Crippen LogP contribution is -2.46. The predicted molar refractivity (Wildman–Crippen MR) is 114 cm³/mol. The molecular formula is C20H26N4O5S. The van der Waals surface area contributed by atoms with Gasteiger partial charge in [-0.3, -0.25) is 4.79 Å². The number of nitrogens with one attached hydrogen (secondary N) is 2. The minimum absolute atomic E-state index is 0.00275. The fraction of sp³-hybridized carbons (Fsp3) is 0.450. The molecule has 2 N–H and O–H groups in total. The first-order valence-corrected chi connectivity index (χ1v) is 10.6. The molecule has 2 aromatic rings. The highest BCUT2D eigenvalue weighted by atomic mass is 32.1. The number of amides is 2. The first-order valence-electron chi connectivity index (χ1n) is 9.71. The SMILES string of the molecule is CCOC(=O)N1CCC(NC(=O)c2csc(Nc3ccc(OC)cc3OC)n2)CC1. The minimum Gasteiger partial charge on any atom is -0.497 e. The van der Waals surface area contributed by atoms with Crippen LogP contribution in [-0.2, 0) is 4.74 Å². The Bertz CT molecular complexity index is 880. The van der Waals surface area contributed by atoms with Crippen molar-refractivity contribution < 1.29 is 23.8 Å². The maximum Gasteiger partial charge on any atom is 0.409 e. The number of anilines is 2. The number of hydrogen-bond donors (Lipinski definition) is 2. The molecule has 0 radical (unpaired) electrons. The van der Waals surface area contributed by atoms with Crippen molar-refractivity contribution >= 4 is 34.2 Å². The standard InChI is InChI=1S/C20H26N4O5S/c1-4-29-20(26)24-9-7-13(8-10-24)21-18(25)16-12-30-19(23-16)22-15-6-5-14(27-2)11-17(15)28-3/h5-6,11-13H,4,7-10H2,1-3H3,(H,21,25)(H,22,23). The quantitative estimate of drug-likeness (QED) is 0.690. The number of ether oxygens (including phenoxy) is 3. The topological polar surface area (TPSA) is 102 Å². The van der Waals surface area contributed by atoms with E-state index in [4.69, 9.17) is 14.2 Å². The number of nitrogens with zero attached hydrogens (tertiary/aromatic N) is 2. The van der Waals surface area contributed by atoms with Crippen LogP contribution in [0.15, 0.2) is 23.6 Å². The Morgan fingerprint density at radius 3 is 2.67 bits per heavy atom. The molecule has 1 fully saturated rings. The van der Waals surface area contributed by atoms with E-state index in [0.29, 0.717) is 54.9 Å². The van der Waals surface area contributed by atoms with Gasteiger partial charge in [0.15, 0.2) is 5.13 Å². The number of thiazole rings is 1. The van der Waals surface area contributed by atoms with Crippen LogP contribution in [0.4, 0.5) is 15.6 Å². The fourth-order valence-corrected chi connectivity index (χ4v) is 3.84. The van der Waals surface area contributed by atoms with E-state index in [9.17, 15) is 9.59 Å². The number of aromatic nitrogens is 1. The van der Waals surface area contributed by atoms with Gasteiger partial charge in [0.05, 0.1) is 26.5 Å². The van der Waals surface area contributed by atoms with E-state index >= 15 is 0 Å². The zero-order chi connectivity index (χ0) is 21.5. The zero-order valence-electron chi connectivity index (χ0n) is 17.3. The summed E-state index contributed by atoms with van der Waals surface area (Å²) in [6, 6.07) is 5.42. The van der Waals surface area contributed by atoms with Crippen LogP contribution in [0.3, 0.4) is 0 Å². The third kappa shape index (κ3) is 5.32. The van der Waals surface area contributed by atoms with Gasteiger partial charge in [-0.05, 0) is 31.9 Å². The van der Waals surface area contributed by atoms with E-state index in [0.717, 1.165) is 5.69 Å². The van der Waals surface area contributed by atoms with Gasteiger partial charge in [-0.25, -0.2) is 9.78 Å². The molecule has 0 unspecified atom stereocenters. The Balaban J connectivity index is 1.55.